The van der Waals surface area contributed by atoms with Crippen molar-refractivity contribution in [3.63, 3.8) is 0 Å². The van der Waals surface area contributed by atoms with Crippen LogP contribution in [0.15, 0.2) is 41.3 Å². The number of rotatable bonds is 0. The van der Waals surface area contributed by atoms with Crippen LogP contribution in [0.25, 0.3) is 10.8 Å². The molecular weight excluding hydrogens is 164 g/mol. The average molecular weight is 173 g/mol. The van der Waals surface area contributed by atoms with Crippen molar-refractivity contribution >= 4 is 23.4 Å². The molecule has 59 valence electrons. The van der Waals surface area contributed by atoms with Crippen molar-refractivity contribution in [3.05, 3.63) is 42.0 Å². The number of hydrogen-bond donors (Lipinski definition) is 0. The molecule has 0 bridgehead atoms. The first-order valence-corrected chi connectivity index (χ1v) is 4.34. The molecule has 0 aliphatic rings. The smallest absolute Gasteiger partial charge is 0.0383 e. The van der Waals surface area contributed by atoms with Crippen LogP contribution in [-0.4, -0.2) is 0 Å². The first-order chi connectivity index (χ1) is 5.75. The standard InChI is InChI=1S/C11H9S/c1-8-2-3-9-4-5-11(12)7-10(9)6-8/h2-7H,1H3. The van der Waals surface area contributed by atoms with E-state index in [-0.39, 0.29) is 0 Å². The second-order valence-corrected chi connectivity index (χ2v) is 3.48. The minimum atomic E-state index is 0.910. The number of fused-ring (bicyclic) bond motifs is 1. The molecule has 0 fully saturated rings. The molecule has 1 heteroatoms. The van der Waals surface area contributed by atoms with Gasteiger partial charge in [0.15, 0.2) is 0 Å². The van der Waals surface area contributed by atoms with Crippen LogP contribution in [0.3, 0.4) is 0 Å². The average Bonchev–Trinajstić information content (AvgIpc) is 2.03. The van der Waals surface area contributed by atoms with Crippen LogP contribution in [0.5, 0.6) is 0 Å². The summed E-state index contributed by atoms with van der Waals surface area (Å²) >= 11 is 5.08. The van der Waals surface area contributed by atoms with Crippen LogP contribution in [0, 0.1) is 6.92 Å². The summed E-state index contributed by atoms with van der Waals surface area (Å²) in [5, 5.41) is 2.50. The molecule has 0 saturated carbocycles. The normalized spacial score (nSPS) is 10.4. The van der Waals surface area contributed by atoms with E-state index < -0.39 is 0 Å². The Morgan fingerprint density at radius 2 is 1.67 bits per heavy atom. The van der Waals surface area contributed by atoms with Gasteiger partial charge in [0.2, 0.25) is 0 Å². The second-order valence-electron chi connectivity index (χ2n) is 3.01. The predicted octanol–water partition coefficient (Wildman–Crippen LogP) is 3.70. The van der Waals surface area contributed by atoms with Gasteiger partial charge in [0, 0.05) is 4.90 Å². The third kappa shape index (κ3) is 1.28. The fraction of sp³-hybridized carbons (Fsp3) is 0.0909. The minimum absolute atomic E-state index is 0.910. The first kappa shape index (κ1) is 7.56. The number of benzene rings is 2. The third-order valence-electron chi connectivity index (χ3n) is 1.97. The van der Waals surface area contributed by atoms with Gasteiger partial charge in [-0.3, -0.25) is 0 Å². The zero-order valence-corrected chi connectivity index (χ0v) is 7.69. The van der Waals surface area contributed by atoms with E-state index in [1.807, 2.05) is 12.1 Å². The molecule has 1 radical (unpaired) electrons. The van der Waals surface area contributed by atoms with Crippen molar-refractivity contribution in [1.82, 2.24) is 0 Å². The second kappa shape index (κ2) is 2.76. The van der Waals surface area contributed by atoms with Gasteiger partial charge in [0.25, 0.3) is 0 Å². The lowest BCUT2D eigenvalue weighted by Crippen LogP contribution is -1.75. The molecule has 2 rings (SSSR count). The maximum Gasteiger partial charge on any atom is 0.0383 e. The monoisotopic (exact) mass is 173 g/mol. The molecule has 0 amide bonds. The summed E-state index contributed by atoms with van der Waals surface area (Å²) in [6.45, 7) is 2.09. The van der Waals surface area contributed by atoms with Crippen LogP contribution < -0.4 is 0 Å². The Kier molecular flexibility index (Phi) is 1.74. The van der Waals surface area contributed by atoms with E-state index in [2.05, 4.69) is 31.2 Å². The molecule has 0 spiro atoms. The van der Waals surface area contributed by atoms with E-state index in [9.17, 15) is 0 Å². The highest BCUT2D eigenvalue weighted by molar-refractivity contribution is 7.80. The van der Waals surface area contributed by atoms with Gasteiger partial charge < -0.3 is 0 Å². The van der Waals surface area contributed by atoms with Crippen molar-refractivity contribution in [3.8, 4) is 0 Å². The molecule has 0 aliphatic heterocycles. The van der Waals surface area contributed by atoms with Gasteiger partial charge in [-0.15, -0.1) is 0 Å². The molecular formula is C11H9S. The topological polar surface area (TPSA) is 0 Å². The van der Waals surface area contributed by atoms with Crippen molar-refractivity contribution in [2.75, 3.05) is 0 Å². The maximum absolute atomic E-state index is 5.08. The Morgan fingerprint density at radius 3 is 2.50 bits per heavy atom. The van der Waals surface area contributed by atoms with Crippen LogP contribution in [0.1, 0.15) is 5.56 Å². The molecule has 2 aromatic rings. The Bertz CT molecular complexity index is 382. The van der Waals surface area contributed by atoms with Crippen LogP contribution >= 0.6 is 12.6 Å². The Morgan fingerprint density at radius 1 is 0.917 bits per heavy atom. The zero-order chi connectivity index (χ0) is 8.55. The third-order valence-corrected chi connectivity index (χ3v) is 2.22. The Labute approximate surface area is 77.6 Å². The van der Waals surface area contributed by atoms with Crippen LogP contribution in [0.4, 0.5) is 0 Å². The molecule has 0 atom stereocenters. The van der Waals surface area contributed by atoms with Gasteiger partial charge in [-0.2, -0.15) is 0 Å². The summed E-state index contributed by atoms with van der Waals surface area (Å²) in [4.78, 5) is 0.910. The molecule has 0 nitrogen and oxygen atoms in total. The van der Waals surface area contributed by atoms with Crippen molar-refractivity contribution in [1.29, 1.82) is 0 Å². The Hall–Kier alpha value is -1.08. The SMILES string of the molecule is Cc1ccc2ccc([S])cc2c1. The molecule has 0 saturated heterocycles. The maximum atomic E-state index is 5.08. The van der Waals surface area contributed by atoms with E-state index in [0.717, 1.165) is 4.90 Å². The summed E-state index contributed by atoms with van der Waals surface area (Å²) in [6, 6.07) is 12.5. The van der Waals surface area contributed by atoms with E-state index in [4.69, 9.17) is 12.6 Å². The molecule has 0 heterocycles. The van der Waals surface area contributed by atoms with E-state index in [0.29, 0.717) is 0 Å². The van der Waals surface area contributed by atoms with Crippen LogP contribution in [0.2, 0.25) is 0 Å². The van der Waals surface area contributed by atoms with Crippen molar-refractivity contribution in [2.45, 2.75) is 11.8 Å². The molecule has 0 aromatic heterocycles. The number of hydrogen-bond acceptors (Lipinski definition) is 0. The highest BCUT2D eigenvalue weighted by atomic mass is 32.1. The van der Waals surface area contributed by atoms with Gasteiger partial charge in [0.05, 0.1) is 0 Å². The first-order valence-electron chi connectivity index (χ1n) is 3.93. The minimum Gasteiger partial charge on any atom is -0.0801 e. The van der Waals surface area contributed by atoms with E-state index in [1.54, 1.807) is 0 Å². The molecule has 2 aromatic carbocycles. The molecule has 12 heavy (non-hydrogen) atoms. The van der Waals surface area contributed by atoms with Crippen molar-refractivity contribution in [2.24, 2.45) is 0 Å². The molecule has 0 aliphatic carbocycles. The van der Waals surface area contributed by atoms with Crippen LogP contribution in [-0.2, 0) is 0 Å². The van der Waals surface area contributed by atoms with E-state index in [1.165, 1.54) is 16.3 Å². The lowest BCUT2D eigenvalue weighted by molar-refractivity contribution is 1.47. The summed E-state index contributed by atoms with van der Waals surface area (Å²) in [5.74, 6) is 0. The van der Waals surface area contributed by atoms with Gasteiger partial charge >= 0.3 is 0 Å². The van der Waals surface area contributed by atoms with Crippen molar-refractivity contribution < 1.29 is 0 Å². The summed E-state index contributed by atoms with van der Waals surface area (Å²) in [7, 11) is 0. The molecule has 0 N–H and O–H groups in total. The summed E-state index contributed by atoms with van der Waals surface area (Å²) in [5.41, 5.74) is 1.28. The summed E-state index contributed by atoms with van der Waals surface area (Å²) in [6.07, 6.45) is 0. The molecule has 0 unspecified atom stereocenters. The zero-order valence-electron chi connectivity index (χ0n) is 6.87. The highest BCUT2D eigenvalue weighted by Crippen LogP contribution is 2.19. The van der Waals surface area contributed by atoms with Gasteiger partial charge in [-0.25, -0.2) is 0 Å². The predicted molar refractivity (Wildman–Crippen MR) is 54.5 cm³/mol. The Balaban J connectivity index is 2.80. The lowest BCUT2D eigenvalue weighted by Gasteiger charge is -1.99. The summed E-state index contributed by atoms with van der Waals surface area (Å²) < 4.78 is 0. The van der Waals surface area contributed by atoms with Gasteiger partial charge in [-0.1, -0.05) is 42.5 Å². The quantitative estimate of drug-likeness (QED) is 0.569. The fourth-order valence-electron chi connectivity index (χ4n) is 1.34. The van der Waals surface area contributed by atoms with Gasteiger partial charge in [-0.05, 0) is 29.8 Å². The number of aryl methyl sites for hydroxylation is 1. The van der Waals surface area contributed by atoms with E-state index >= 15 is 0 Å². The largest absolute Gasteiger partial charge is 0.0801 e. The van der Waals surface area contributed by atoms with Gasteiger partial charge in [0.1, 0.15) is 0 Å². The highest BCUT2D eigenvalue weighted by Gasteiger charge is 1.93. The lowest BCUT2D eigenvalue weighted by atomic mass is 10.1. The fourth-order valence-corrected chi connectivity index (χ4v) is 1.54.